The van der Waals surface area contributed by atoms with Crippen LogP contribution in [0.3, 0.4) is 0 Å². The Morgan fingerprint density at radius 3 is 2.41 bits per heavy atom. The first kappa shape index (κ1) is 13.8. The zero-order chi connectivity index (χ0) is 12.7. The first-order chi connectivity index (χ1) is 8.11. The van der Waals surface area contributed by atoms with Crippen molar-refractivity contribution in [2.24, 2.45) is 11.5 Å². The van der Waals surface area contributed by atoms with Gasteiger partial charge in [-0.3, -0.25) is 16.4 Å². The van der Waals surface area contributed by atoms with E-state index < -0.39 is 12.6 Å². The van der Waals surface area contributed by atoms with Gasteiger partial charge in [-0.1, -0.05) is 18.2 Å². The van der Waals surface area contributed by atoms with Crippen molar-refractivity contribution in [3.63, 3.8) is 0 Å². The lowest BCUT2D eigenvalue weighted by Gasteiger charge is -2.21. The van der Waals surface area contributed by atoms with E-state index in [0.717, 1.165) is 5.69 Å². The number of anilines is 1. The monoisotopic (exact) mass is 254 g/mol. The van der Waals surface area contributed by atoms with Crippen molar-refractivity contribution in [1.82, 2.24) is 16.0 Å². The molecular weight excluding hydrogens is 236 g/mol. The maximum Gasteiger partial charge on any atom is 0.173 e. The van der Waals surface area contributed by atoms with Crippen molar-refractivity contribution < 1.29 is 0 Å². The highest BCUT2D eigenvalue weighted by atomic mass is 32.1. The summed E-state index contributed by atoms with van der Waals surface area (Å²) in [6.45, 7) is 0. The number of thiocarbonyl (C=S) groups is 1. The Labute approximate surface area is 106 Å². The summed E-state index contributed by atoms with van der Waals surface area (Å²) in [6.07, 6.45) is -0.918. The summed E-state index contributed by atoms with van der Waals surface area (Å²) >= 11 is 5.10. The van der Waals surface area contributed by atoms with Gasteiger partial charge in [0.2, 0.25) is 0 Å². The first-order valence-electron chi connectivity index (χ1n) is 5.19. The lowest BCUT2D eigenvalue weighted by Crippen LogP contribution is -2.61. The Kier molecular flexibility index (Phi) is 5.81. The van der Waals surface area contributed by atoms with Crippen LogP contribution in [0.15, 0.2) is 30.3 Å². The van der Waals surface area contributed by atoms with Gasteiger partial charge in [-0.2, -0.15) is 0 Å². The first-order valence-corrected chi connectivity index (χ1v) is 5.59. The minimum absolute atomic E-state index is 0.392. The van der Waals surface area contributed by atoms with Gasteiger partial charge in [0.1, 0.15) is 12.6 Å². The number of hydrogen-bond acceptors (Lipinski definition) is 5. The molecule has 0 saturated carbocycles. The second-order valence-corrected chi connectivity index (χ2v) is 3.78. The fourth-order valence-corrected chi connectivity index (χ4v) is 1.39. The molecule has 0 heterocycles. The summed E-state index contributed by atoms with van der Waals surface area (Å²) < 4.78 is 0. The zero-order valence-electron chi connectivity index (χ0n) is 9.60. The minimum atomic E-state index is -0.527. The molecule has 7 heteroatoms. The molecule has 0 spiro atoms. The molecule has 0 saturated heterocycles. The highest BCUT2D eigenvalue weighted by molar-refractivity contribution is 7.80. The minimum Gasteiger partial charge on any atom is -0.335 e. The lowest BCUT2D eigenvalue weighted by atomic mass is 10.3. The fourth-order valence-electron chi connectivity index (χ4n) is 1.15. The van der Waals surface area contributed by atoms with Gasteiger partial charge in [0.25, 0.3) is 0 Å². The Morgan fingerprint density at radius 1 is 1.18 bits per heavy atom. The van der Waals surface area contributed by atoms with Gasteiger partial charge in [0, 0.05) is 5.69 Å². The van der Waals surface area contributed by atoms with E-state index in [1.807, 2.05) is 30.3 Å². The molecule has 0 aliphatic carbocycles. The molecule has 0 bridgehead atoms. The Bertz CT molecular complexity index is 344. The van der Waals surface area contributed by atoms with Crippen LogP contribution in [-0.4, -0.2) is 24.7 Å². The second kappa shape index (κ2) is 7.15. The highest BCUT2D eigenvalue weighted by Gasteiger charge is 2.06. The van der Waals surface area contributed by atoms with Gasteiger partial charge in [-0.15, -0.1) is 0 Å². The molecule has 8 N–H and O–H groups in total. The highest BCUT2D eigenvalue weighted by Crippen LogP contribution is 2.04. The van der Waals surface area contributed by atoms with Gasteiger partial charge in [0.15, 0.2) is 5.11 Å². The molecule has 1 rings (SSSR count). The Balaban J connectivity index is 2.34. The molecule has 0 unspecified atom stereocenters. The average molecular weight is 254 g/mol. The summed E-state index contributed by atoms with van der Waals surface area (Å²) in [6, 6.07) is 9.58. The molecule has 0 aliphatic rings. The average Bonchev–Trinajstić information content (AvgIpc) is 2.29. The normalized spacial score (nSPS) is 13.8. The maximum absolute atomic E-state index is 5.74. The number of para-hydroxylation sites is 1. The number of nitrogens with two attached hydrogens (primary N) is 2. The predicted octanol–water partition coefficient (Wildman–Crippen LogP) is -0.733. The molecule has 0 amide bonds. The molecule has 0 aromatic heterocycles. The molecule has 2 atom stereocenters. The lowest BCUT2D eigenvalue weighted by molar-refractivity contribution is 0.388. The third-order valence-corrected chi connectivity index (χ3v) is 2.21. The van der Waals surface area contributed by atoms with Crippen molar-refractivity contribution in [3.8, 4) is 0 Å². The van der Waals surface area contributed by atoms with E-state index in [1.165, 1.54) is 0 Å². The predicted molar refractivity (Wildman–Crippen MR) is 73.9 cm³/mol. The second-order valence-electron chi connectivity index (χ2n) is 3.38. The van der Waals surface area contributed by atoms with Gasteiger partial charge in [0.05, 0.1) is 0 Å². The van der Waals surface area contributed by atoms with E-state index in [0.29, 0.717) is 5.11 Å². The molecule has 1 aromatic carbocycles. The van der Waals surface area contributed by atoms with Gasteiger partial charge < -0.3 is 16.4 Å². The fraction of sp³-hybridized carbons (Fsp3) is 0.300. The van der Waals surface area contributed by atoms with Crippen molar-refractivity contribution in [1.29, 1.82) is 0 Å². The summed E-state index contributed by atoms with van der Waals surface area (Å²) in [7, 11) is 1.73. The molecule has 6 nitrogen and oxygen atoms in total. The number of rotatable bonds is 5. The van der Waals surface area contributed by atoms with Crippen LogP contribution in [0.4, 0.5) is 5.69 Å². The number of benzene rings is 1. The van der Waals surface area contributed by atoms with Crippen LogP contribution in [0.1, 0.15) is 0 Å². The van der Waals surface area contributed by atoms with Crippen LogP contribution in [-0.2, 0) is 0 Å². The quantitative estimate of drug-likeness (QED) is 0.304. The van der Waals surface area contributed by atoms with Crippen LogP contribution in [0, 0.1) is 0 Å². The van der Waals surface area contributed by atoms with Crippen LogP contribution >= 0.6 is 12.2 Å². The molecule has 17 heavy (non-hydrogen) atoms. The van der Waals surface area contributed by atoms with Gasteiger partial charge in [-0.05, 0) is 31.4 Å². The smallest absolute Gasteiger partial charge is 0.173 e. The largest absolute Gasteiger partial charge is 0.335 e. The number of nitrogens with one attached hydrogen (secondary N) is 4. The van der Waals surface area contributed by atoms with E-state index >= 15 is 0 Å². The van der Waals surface area contributed by atoms with Crippen molar-refractivity contribution in [3.05, 3.63) is 30.3 Å². The Hall–Kier alpha value is -1.25. The summed E-state index contributed by atoms with van der Waals surface area (Å²) in [5.74, 6) is 0. The van der Waals surface area contributed by atoms with Crippen LogP contribution in [0.5, 0.6) is 0 Å². The molecule has 0 radical (unpaired) electrons. The third-order valence-electron chi connectivity index (χ3n) is 1.99. The summed E-state index contributed by atoms with van der Waals surface area (Å²) in [5.41, 5.74) is 12.2. The van der Waals surface area contributed by atoms with Crippen molar-refractivity contribution in [2.45, 2.75) is 12.6 Å². The third kappa shape index (κ3) is 5.57. The number of hydrogen-bond donors (Lipinski definition) is 6. The van der Waals surface area contributed by atoms with Gasteiger partial charge in [-0.25, -0.2) is 0 Å². The van der Waals surface area contributed by atoms with E-state index in [4.69, 9.17) is 23.7 Å². The SMILES string of the molecule is CN[C@H](N)N[C@H](N)NC(=S)Nc1ccccc1. The zero-order valence-corrected chi connectivity index (χ0v) is 10.4. The Morgan fingerprint density at radius 2 is 1.82 bits per heavy atom. The molecule has 94 valence electrons. The summed E-state index contributed by atoms with van der Waals surface area (Å²) in [5, 5.41) is 11.9. The molecular formula is C10H18N6S. The molecule has 1 aromatic rings. The van der Waals surface area contributed by atoms with E-state index in [9.17, 15) is 0 Å². The standard InChI is InChI=1S/C10H18N6S/c1-13-8(11)15-9(12)16-10(17)14-7-5-3-2-4-6-7/h2-6,8-9,13,15H,11-12H2,1H3,(H2,14,16,17)/t8-,9-/m0/s1. The van der Waals surface area contributed by atoms with Gasteiger partial charge >= 0.3 is 0 Å². The molecule has 0 fully saturated rings. The summed E-state index contributed by atoms with van der Waals surface area (Å²) in [4.78, 5) is 0. The van der Waals surface area contributed by atoms with E-state index in [1.54, 1.807) is 7.05 Å². The van der Waals surface area contributed by atoms with E-state index in [2.05, 4.69) is 21.3 Å². The van der Waals surface area contributed by atoms with E-state index in [-0.39, 0.29) is 0 Å². The van der Waals surface area contributed by atoms with Crippen molar-refractivity contribution >= 4 is 23.0 Å². The van der Waals surface area contributed by atoms with Crippen LogP contribution in [0.25, 0.3) is 0 Å². The van der Waals surface area contributed by atoms with Crippen molar-refractivity contribution in [2.75, 3.05) is 12.4 Å². The topological polar surface area (TPSA) is 100 Å². The van der Waals surface area contributed by atoms with Crippen LogP contribution in [0.2, 0.25) is 0 Å². The maximum atomic E-state index is 5.74. The molecule has 0 aliphatic heterocycles. The van der Waals surface area contributed by atoms with Crippen LogP contribution < -0.4 is 32.7 Å².